The average Bonchev–Trinajstić information content (AvgIpc) is 3.11. The number of carbonyl (C=O) groups is 1. The molecule has 4 nitrogen and oxygen atoms in total. The number of ether oxygens (including phenoxy) is 1. The molecule has 25 heavy (non-hydrogen) atoms. The number of rotatable bonds is 7. The number of carbonyl (C=O) groups excluding carboxylic acids is 1. The minimum Gasteiger partial charge on any atom is -0.494 e. The number of amides is 1. The van der Waals surface area contributed by atoms with Gasteiger partial charge in [-0.3, -0.25) is 4.79 Å². The quantitative estimate of drug-likeness (QED) is 0.841. The number of anilines is 1. The van der Waals surface area contributed by atoms with Crippen LogP contribution in [-0.4, -0.2) is 31.6 Å². The van der Waals surface area contributed by atoms with Crippen molar-refractivity contribution in [3.63, 3.8) is 0 Å². The maximum absolute atomic E-state index is 12.3. The second kappa shape index (κ2) is 8.56. The molecule has 3 rings (SSSR count). The van der Waals surface area contributed by atoms with E-state index in [9.17, 15) is 4.79 Å². The van der Waals surface area contributed by atoms with Crippen molar-refractivity contribution < 1.29 is 9.53 Å². The summed E-state index contributed by atoms with van der Waals surface area (Å²) in [5.74, 6) is 0.917. The van der Waals surface area contributed by atoms with Crippen LogP contribution in [0.5, 0.6) is 5.75 Å². The van der Waals surface area contributed by atoms with Crippen LogP contribution in [0.2, 0.25) is 0 Å². The van der Waals surface area contributed by atoms with Crippen molar-refractivity contribution in [2.75, 3.05) is 24.6 Å². The van der Waals surface area contributed by atoms with Gasteiger partial charge in [-0.2, -0.15) is 0 Å². The maximum atomic E-state index is 12.3. The highest BCUT2D eigenvalue weighted by Gasteiger charge is 2.24. The number of nitrogens with one attached hydrogen (secondary N) is 1. The van der Waals surface area contributed by atoms with E-state index in [1.807, 2.05) is 37.3 Å². The van der Waals surface area contributed by atoms with Crippen molar-refractivity contribution in [2.24, 2.45) is 0 Å². The molecule has 1 amide bonds. The molecule has 0 aliphatic carbocycles. The summed E-state index contributed by atoms with van der Waals surface area (Å²) in [5, 5.41) is 3.10. The number of benzene rings is 2. The van der Waals surface area contributed by atoms with Gasteiger partial charge in [0.2, 0.25) is 5.91 Å². The van der Waals surface area contributed by atoms with E-state index in [-0.39, 0.29) is 5.91 Å². The Morgan fingerprint density at radius 3 is 2.64 bits per heavy atom. The molecule has 2 aromatic carbocycles. The maximum Gasteiger partial charge on any atom is 0.224 e. The molecule has 1 atom stereocenters. The van der Waals surface area contributed by atoms with Gasteiger partial charge in [0.25, 0.3) is 0 Å². The van der Waals surface area contributed by atoms with E-state index in [1.54, 1.807) is 0 Å². The first-order chi connectivity index (χ1) is 12.3. The molecule has 1 aliphatic heterocycles. The molecule has 1 heterocycles. The molecule has 1 unspecified atom stereocenters. The third kappa shape index (κ3) is 4.75. The van der Waals surface area contributed by atoms with E-state index >= 15 is 0 Å². The molecule has 1 saturated heterocycles. The molecule has 0 spiro atoms. The zero-order chi connectivity index (χ0) is 17.5. The van der Waals surface area contributed by atoms with Crippen molar-refractivity contribution in [1.29, 1.82) is 0 Å². The summed E-state index contributed by atoms with van der Waals surface area (Å²) >= 11 is 0. The van der Waals surface area contributed by atoms with Gasteiger partial charge in [0.15, 0.2) is 0 Å². The predicted molar refractivity (Wildman–Crippen MR) is 101 cm³/mol. The van der Waals surface area contributed by atoms with Crippen LogP contribution < -0.4 is 15.0 Å². The van der Waals surface area contributed by atoms with E-state index in [0.717, 1.165) is 24.3 Å². The van der Waals surface area contributed by atoms with Gasteiger partial charge >= 0.3 is 0 Å². The Kier molecular flexibility index (Phi) is 5.94. The van der Waals surface area contributed by atoms with Crippen LogP contribution >= 0.6 is 0 Å². The standard InChI is InChI=1S/C21H26N2O2/c1-2-25-20-12-10-17(11-13-20)15-21(24)22-16-19-9-6-14-23(19)18-7-4-3-5-8-18/h3-5,7-8,10-13,19H,2,6,9,14-16H2,1H3,(H,22,24). The fraction of sp³-hybridized carbons (Fsp3) is 0.381. The minimum atomic E-state index is 0.0732. The fourth-order valence-electron chi connectivity index (χ4n) is 3.36. The van der Waals surface area contributed by atoms with Gasteiger partial charge in [0.05, 0.1) is 13.0 Å². The molecule has 1 fully saturated rings. The largest absolute Gasteiger partial charge is 0.494 e. The van der Waals surface area contributed by atoms with Crippen LogP contribution in [0.25, 0.3) is 0 Å². The summed E-state index contributed by atoms with van der Waals surface area (Å²) in [5.41, 5.74) is 2.25. The summed E-state index contributed by atoms with van der Waals surface area (Å²) < 4.78 is 5.43. The number of hydrogen-bond donors (Lipinski definition) is 1. The first kappa shape index (κ1) is 17.3. The minimum absolute atomic E-state index is 0.0732. The smallest absolute Gasteiger partial charge is 0.224 e. The summed E-state index contributed by atoms with van der Waals surface area (Å²) in [6, 6.07) is 18.6. The molecular weight excluding hydrogens is 312 g/mol. The lowest BCUT2D eigenvalue weighted by atomic mass is 10.1. The van der Waals surface area contributed by atoms with Gasteiger partial charge < -0.3 is 15.0 Å². The predicted octanol–water partition coefficient (Wildman–Crippen LogP) is 3.41. The van der Waals surface area contributed by atoms with Crippen LogP contribution in [0, 0.1) is 0 Å². The van der Waals surface area contributed by atoms with Crippen molar-refractivity contribution in [2.45, 2.75) is 32.2 Å². The number of para-hydroxylation sites is 1. The van der Waals surface area contributed by atoms with Crippen LogP contribution in [0.3, 0.4) is 0 Å². The second-order valence-corrected chi connectivity index (χ2v) is 6.38. The summed E-state index contributed by atoms with van der Waals surface area (Å²) in [6.45, 7) is 4.37. The lowest BCUT2D eigenvalue weighted by Crippen LogP contribution is -2.40. The first-order valence-corrected chi connectivity index (χ1v) is 9.06. The van der Waals surface area contributed by atoms with E-state index in [4.69, 9.17) is 4.74 Å². The Labute approximate surface area is 149 Å². The lowest BCUT2D eigenvalue weighted by molar-refractivity contribution is -0.120. The first-order valence-electron chi connectivity index (χ1n) is 9.06. The SMILES string of the molecule is CCOc1ccc(CC(=O)NCC2CCCN2c2ccccc2)cc1. The Morgan fingerprint density at radius 2 is 1.92 bits per heavy atom. The lowest BCUT2D eigenvalue weighted by Gasteiger charge is -2.27. The molecule has 2 aromatic rings. The monoisotopic (exact) mass is 338 g/mol. The molecule has 132 valence electrons. The van der Waals surface area contributed by atoms with E-state index in [2.05, 4.69) is 34.5 Å². The highest BCUT2D eigenvalue weighted by Crippen LogP contribution is 2.24. The van der Waals surface area contributed by atoms with Crippen LogP contribution in [-0.2, 0) is 11.2 Å². The third-order valence-electron chi connectivity index (χ3n) is 4.60. The van der Waals surface area contributed by atoms with E-state index < -0.39 is 0 Å². The molecule has 1 N–H and O–H groups in total. The normalized spacial score (nSPS) is 16.7. The Morgan fingerprint density at radius 1 is 1.16 bits per heavy atom. The van der Waals surface area contributed by atoms with E-state index in [1.165, 1.54) is 12.1 Å². The third-order valence-corrected chi connectivity index (χ3v) is 4.60. The van der Waals surface area contributed by atoms with Gasteiger partial charge in [-0.25, -0.2) is 0 Å². The number of hydrogen-bond acceptors (Lipinski definition) is 3. The van der Waals surface area contributed by atoms with Gasteiger partial charge in [-0.1, -0.05) is 30.3 Å². The van der Waals surface area contributed by atoms with Crippen molar-refractivity contribution in [3.8, 4) is 5.75 Å². The Bertz CT molecular complexity index is 670. The molecular formula is C21H26N2O2. The van der Waals surface area contributed by atoms with Crippen LogP contribution in [0.4, 0.5) is 5.69 Å². The molecule has 0 bridgehead atoms. The molecule has 0 radical (unpaired) electrons. The summed E-state index contributed by atoms with van der Waals surface area (Å²) in [6.07, 6.45) is 2.71. The second-order valence-electron chi connectivity index (χ2n) is 6.38. The van der Waals surface area contributed by atoms with Gasteiger partial charge in [-0.05, 0) is 49.6 Å². The topological polar surface area (TPSA) is 41.6 Å². The van der Waals surface area contributed by atoms with Crippen molar-refractivity contribution >= 4 is 11.6 Å². The summed E-state index contributed by atoms with van der Waals surface area (Å²) in [7, 11) is 0. The van der Waals surface area contributed by atoms with Crippen molar-refractivity contribution in [1.82, 2.24) is 5.32 Å². The molecule has 4 heteroatoms. The van der Waals surface area contributed by atoms with E-state index in [0.29, 0.717) is 25.6 Å². The fourth-order valence-corrected chi connectivity index (χ4v) is 3.36. The zero-order valence-electron chi connectivity index (χ0n) is 14.8. The average molecular weight is 338 g/mol. The molecule has 1 aliphatic rings. The summed E-state index contributed by atoms with van der Waals surface area (Å²) in [4.78, 5) is 14.7. The molecule has 0 saturated carbocycles. The number of nitrogens with zero attached hydrogens (tertiary/aromatic N) is 1. The van der Waals surface area contributed by atoms with Crippen LogP contribution in [0.15, 0.2) is 54.6 Å². The Hall–Kier alpha value is -2.49. The Balaban J connectivity index is 1.50. The zero-order valence-corrected chi connectivity index (χ0v) is 14.8. The highest BCUT2D eigenvalue weighted by molar-refractivity contribution is 5.78. The van der Waals surface area contributed by atoms with Crippen LogP contribution in [0.1, 0.15) is 25.3 Å². The van der Waals surface area contributed by atoms with Gasteiger partial charge in [0.1, 0.15) is 5.75 Å². The van der Waals surface area contributed by atoms with Gasteiger partial charge in [0, 0.05) is 24.8 Å². The molecule has 0 aromatic heterocycles. The van der Waals surface area contributed by atoms with Gasteiger partial charge in [-0.15, -0.1) is 0 Å². The highest BCUT2D eigenvalue weighted by atomic mass is 16.5. The van der Waals surface area contributed by atoms with Crippen molar-refractivity contribution in [3.05, 3.63) is 60.2 Å².